The van der Waals surface area contributed by atoms with E-state index in [1.54, 1.807) is 0 Å². The van der Waals surface area contributed by atoms with Gasteiger partial charge in [0.2, 0.25) is 0 Å². The molecule has 8 heteroatoms. The number of benzene rings is 1. The average Bonchev–Trinajstić information content (AvgIpc) is 2.88. The maximum atomic E-state index is 12.1. The molecule has 0 aliphatic carbocycles. The van der Waals surface area contributed by atoms with Gasteiger partial charge in [0, 0.05) is 24.9 Å². The number of nitrogens with one attached hydrogen (secondary N) is 2. The highest BCUT2D eigenvalue weighted by Crippen LogP contribution is 2.19. The summed E-state index contributed by atoms with van der Waals surface area (Å²) in [5, 5.41) is 6.97. The second-order valence-corrected chi connectivity index (χ2v) is 5.05. The third-order valence-electron chi connectivity index (χ3n) is 3.15. The van der Waals surface area contributed by atoms with Crippen molar-refractivity contribution in [1.82, 2.24) is 10.6 Å². The largest absolute Gasteiger partial charge is 0.461 e. The van der Waals surface area contributed by atoms with E-state index in [9.17, 15) is 13.2 Å². The second-order valence-electron chi connectivity index (χ2n) is 5.05. The van der Waals surface area contributed by atoms with Gasteiger partial charge in [0.1, 0.15) is 11.3 Å². The molecule has 2 N–H and O–H groups in total. The molecule has 24 heavy (non-hydrogen) atoms. The minimum Gasteiger partial charge on any atom is -0.461 e. The normalized spacial score (nSPS) is 12.1. The van der Waals surface area contributed by atoms with Gasteiger partial charge in [0.15, 0.2) is 5.96 Å². The molecule has 0 spiro atoms. The molecule has 0 fully saturated rings. The maximum absolute atomic E-state index is 12.1. The van der Waals surface area contributed by atoms with E-state index >= 15 is 0 Å². The van der Waals surface area contributed by atoms with Crippen molar-refractivity contribution in [3.63, 3.8) is 0 Å². The standard InChI is InChI=1S/C16H20F3N3O.HI/c1-2-20-15(22-10-8-16(17,18)19)21-9-7-13-11-12-5-3-4-6-14(12)23-13;/h3-6,11H,2,7-10H2,1H3,(H2,20,21,22);1H. The zero-order chi connectivity index (χ0) is 16.7. The fourth-order valence-corrected chi connectivity index (χ4v) is 2.10. The Kier molecular flexibility index (Phi) is 8.37. The summed E-state index contributed by atoms with van der Waals surface area (Å²) in [6.07, 6.45) is -4.49. The van der Waals surface area contributed by atoms with Gasteiger partial charge in [-0.25, -0.2) is 0 Å². The summed E-state index contributed by atoms with van der Waals surface area (Å²) >= 11 is 0. The van der Waals surface area contributed by atoms with Crippen LogP contribution in [0.5, 0.6) is 0 Å². The first-order valence-electron chi connectivity index (χ1n) is 7.54. The summed E-state index contributed by atoms with van der Waals surface area (Å²) in [6.45, 7) is 2.68. The van der Waals surface area contributed by atoms with Crippen LogP contribution in [0, 0.1) is 0 Å². The Labute approximate surface area is 155 Å². The van der Waals surface area contributed by atoms with Crippen molar-refractivity contribution >= 4 is 40.9 Å². The summed E-state index contributed by atoms with van der Waals surface area (Å²) in [6, 6.07) is 9.68. The van der Waals surface area contributed by atoms with Gasteiger partial charge in [-0.15, -0.1) is 24.0 Å². The first-order chi connectivity index (χ1) is 11.0. The topological polar surface area (TPSA) is 49.6 Å². The molecule has 0 aliphatic heterocycles. The molecule has 0 bridgehead atoms. The van der Waals surface area contributed by atoms with Gasteiger partial charge >= 0.3 is 6.18 Å². The number of aliphatic imine (C=N–C) groups is 1. The Balaban J connectivity index is 0.00000288. The number of nitrogens with zero attached hydrogens (tertiary/aromatic N) is 1. The van der Waals surface area contributed by atoms with Crippen LogP contribution in [-0.2, 0) is 6.42 Å². The van der Waals surface area contributed by atoms with Crippen LogP contribution < -0.4 is 10.6 Å². The van der Waals surface area contributed by atoms with Crippen molar-refractivity contribution < 1.29 is 17.6 Å². The van der Waals surface area contributed by atoms with Crippen molar-refractivity contribution in [1.29, 1.82) is 0 Å². The Morgan fingerprint density at radius 3 is 2.62 bits per heavy atom. The van der Waals surface area contributed by atoms with E-state index in [2.05, 4.69) is 15.6 Å². The number of alkyl halides is 3. The molecule has 0 saturated heterocycles. The lowest BCUT2D eigenvalue weighted by Crippen LogP contribution is -2.38. The van der Waals surface area contributed by atoms with E-state index in [-0.39, 0.29) is 30.5 Å². The minimum absolute atomic E-state index is 0. The van der Waals surface area contributed by atoms with E-state index in [0.29, 0.717) is 25.5 Å². The number of hydrogen-bond donors (Lipinski definition) is 2. The second kappa shape index (κ2) is 9.75. The molecular weight excluding hydrogens is 434 g/mol. The Morgan fingerprint density at radius 1 is 1.21 bits per heavy atom. The average molecular weight is 455 g/mol. The lowest BCUT2D eigenvalue weighted by molar-refractivity contribution is -0.132. The monoisotopic (exact) mass is 455 g/mol. The van der Waals surface area contributed by atoms with E-state index in [0.717, 1.165) is 16.7 Å². The van der Waals surface area contributed by atoms with Gasteiger partial charge in [-0.3, -0.25) is 4.99 Å². The minimum atomic E-state index is -4.19. The zero-order valence-electron chi connectivity index (χ0n) is 13.3. The third-order valence-corrected chi connectivity index (χ3v) is 3.15. The van der Waals surface area contributed by atoms with Crippen LogP contribution in [0.4, 0.5) is 13.2 Å². The van der Waals surface area contributed by atoms with Crippen molar-refractivity contribution in [3.8, 4) is 0 Å². The molecule has 0 aliphatic rings. The summed E-state index contributed by atoms with van der Waals surface area (Å²) in [4.78, 5) is 3.92. The van der Waals surface area contributed by atoms with Gasteiger partial charge in [0.25, 0.3) is 0 Å². The van der Waals surface area contributed by atoms with E-state index in [4.69, 9.17) is 4.42 Å². The molecule has 0 atom stereocenters. The van der Waals surface area contributed by atoms with Gasteiger partial charge in [-0.1, -0.05) is 18.2 Å². The van der Waals surface area contributed by atoms with Gasteiger partial charge in [0.05, 0.1) is 13.0 Å². The van der Waals surface area contributed by atoms with Crippen LogP contribution in [0.2, 0.25) is 0 Å². The number of fused-ring (bicyclic) bond motifs is 1. The van der Waals surface area contributed by atoms with E-state index < -0.39 is 12.6 Å². The molecule has 0 radical (unpaired) electrons. The first-order valence-corrected chi connectivity index (χ1v) is 7.54. The highest BCUT2D eigenvalue weighted by Gasteiger charge is 2.26. The van der Waals surface area contributed by atoms with Gasteiger partial charge in [-0.05, 0) is 19.1 Å². The predicted octanol–water partition coefficient (Wildman–Crippen LogP) is 4.10. The summed E-state index contributed by atoms with van der Waals surface area (Å²) in [7, 11) is 0. The van der Waals surface area contributed by atoms with Crippen LogP contribution in [0.1, 0.15) is 19.1 Å². The number of furan rings is 1. The first kappa shape index (κ1) is 20.6. The molecule has 134 valence electrons. The van der Waals surface area contributed by atoms with E-state index in [1.807, 2.05) is 37.3 Å². The highest BCUT2D eigenvalue weighted by molar-refractivity contribution is 14.0. The molecule has 1 heterocycles. The molecule has 0 unspecified atom stereocenters. The summed E-state index contributed by atoms with van der Waals surface area (Å²) in [5.74, 6) is 1.21. The number of halogens is 4. The summed E-state index contributed by atoms with van der Waals surface area (Å²) < 4.78 is 42.1. The SMILES string of the molecule is CCNC(=NCCC(F)(F)F)NCCc1cc2ccccc2o1.I. The van der Waals surface area contributed by atoms with Gasteiger partial charge in [-0.2, -0.15) is 13.2 Å². The fraction of sp³-hybridized carbons (Fsp3) is 0.438. The van der Waals surface area contributed by atoms with Crippen molar-refractivity contribution in [2.45, 2.75) is 25.9 Å². The van der Waals surface area contributed by atoms with Crippen LogP contribution in [0.25, 0.3) is 11.0 Å². The third kappa shape index (κ3) is 6.98. The number of rotatable bonds is 6. The molecule has 1 aromatic heterocycles. The maximum Gasteiger partial charge on any atom is 0.390 e. The molecule has 0 saturated carbocycles. The number of para-hydroxylation sites is 1. The molecule has 1 aromatic carbocycles. The van der Waals surface area contributed by atoms with Crippen molar-refractivity contribution in [3.05, 3.63) is 36.1 Å². The zero-order valence-corrected chi connectivity index (χ0v) is 15.7. The van der Waals surface area contributed by atoms with Crippen LogP contribution in [0.15, 0.2) is 39.7 Å². The molecule has 2 aromatic rings. The molecule has 2 rings (SSSR count). The van der Waals surface area contributed by atoms with Crippen molar-refractivity contribution in [2.24, 2.45) is 4.99 Å². The van der Waals surface area contributed by atoms with Crippen molar-refractivity contribution in [2.75, 3.05) is 19.6 Å². The van der Waals surface area contributed by atoms with Crippen LogP contribution >= 0.6 is 24.0 Å². The predicted molar refractivity (Wildman–Crippen MR) is 100.0 cm³/mol. The highest BCUT2D eigenvalue weighted by atomic mass is 127. The lowest BCUT2D eigenvalue weighted by atomic mass is 10.2. The lowest BCUT2D eigenvalue weighted by Gasteiger charge is -2.11. The Bertz CT molecular complexity index is 622. The Morgan fingerprint density at radius 2 is 1.96 bits per heavy atom. The molecule has 0 amide bonds. The quantitative estimate of drug-likeness (QED) is 0.392. The number of hydrogen-bond acceptors (Lipinski definition) is 2. The van der Waals surface area contributed by atoms with Crippen LogP contribution in [0.3, 0.4) is 0 Å². The molecular formula is C16H21F3IN3O. The van der Waals surface area contributed by atoms with E-state index in [1.165, 1.54) is 0 Å². The summed E-state index contributed by atoms with van der Waals surface area (Å²) in [5.41, 5.74) is 0.827. The molecule has 4 nitrogen and oxygen atoms in total. The van der Waals surface area contributed by atoms with Gasteiger partial charge < -0.3 is 15.1 Å². The smallest absolute Gasteiger partial charge is 0.390 e. The Hall–Kier alpha value is -1.45. The fourth-order valence-electron chi connectivity index (χ4n) is 2.10. The van der Waals surface area contributed by atoms with Crippen LogP contribution in [-0.4, -0.2) is 31.8 Å². The number of guanidine groups is 1.